The number of likely N-dealkylation sites (tertiary alicyclic amines) is 1. The number of urea groups is 1. The molecule has 1 fully saturated rings. The highest BCUT2D eigenvalue weighted by Gasteiger charge is 2.26. The van der Waals surface area contributed by atoms with E-state index in [1.807, 2.05) is 6.92 Å². The summed E-state index contributed by atoms with van der Waals surface area (Å²) < 4.78 is 0. The van der Waals surface area contributed by atoms with Crippen LogP contribution in [0, 0.1) is 5.92 Å². The van der Waals surface area contributed by atoms with Crippen molar-refractivity contribution in [2.24, 2.45) is 5.92 Å². The zero-order valence-electron chi connectivity index (χ0n) is 9.19. The Balaban J connectivity index is 2.45. The van der Waals surface area contributed by atoms with E-state index in [0.29, 0.717) is 12.5 Å². The van der Waals surface area contributed by atoms with Gasteiger partial charge in [0.15, 0.2) is 0 Å². The fourth-order valence-electron chi connectivity index (χ4n) is 1.82. The molecule has 0 aliphatic carbocycles. The van der Waals surface area contributed by atoms with Gasteiger partial charge in [0.25, 0.3) is 0 Å². The average molecular weight is 214 g/mol. The number of amides is 2. The standard InChI is InChI=1S/C10H18N2O3/c1-7-3-4-8(2)12(6-7)10(15)11-5-9(13)14/h7-8H,3-6H2,1-2H3,(H,11,15)(H,13,14). The molecule has 0 aromatic carbocycles. The van der Waals surface area contributed by atoms with Crippen molar-refractivity contribution in [2.75, 3.05) is 13.1 Å². The van der Waals surface area contributed by atoms with Crippen LogP contribution in [0.5, 0.6) is 0 Å². The summed E-state index contributed by atoms with van der Waals surface area (Å²) in [4.78, 5) is 23.6. The topological polar surface area (TPSA) is 69.6 Å². The Morgan fingerprint density at radius 2 is 2.07 bits per heavy atom. The SMILES string of the molecule is CC1CCC(C)N(C(=O)NCC(=O)O)C1. The number of carboxylic acid groups (broad SMARTS) is 1. The summed E-state index contributed by atoms with van der Waals surface area (Å²) >= 11 is 0. The van der Waals surface area contributed by atoms with Gasteiger partial charge in [0.05, 0.1) is 0 Å². The van der Waals surface area contributed by atoms with Crippen LogP contribution in [-0.2, 0) is 4.79 Å². The maximum atomic E-state index is 11.6. The lowest BCUT2D eigenvalue weighted by atomic mass is 9.95. The lowest BCUT2D eigenvalue weighted by molar-refractivity contribution is -0.135. The van der Waals surface area contributed by atoms with Crippen molar-refractivity contribution in [3.8, 4) is 0 Å². The van der Waals surface area contributed by atoms with Crippen molar-refractivity contribution in [1.29, 1.82) is 0 Å². The Kier molecular flexibility index (Phi) is 3.94. The molecule has 1 saturated heterocycles. The first-order chi connectivity index (χ1) is 7.00. The van der Waals surface area contributed by atoms with Crippen LogP contribution in [0.4, 0.5) is 4.79 Å². The van der Waals surface area contributed by atoms with Crippen LogP contribution in [-0.4, -0.2) is 41.1 Å². The van der Waals surface area contributed by atoms with Crippen LogP contribution in [0.1, 0.15) is 26.7 Å². The first-order valence-electron chi connectivity index (χ1n) is 5.27. The number of carboxylic acids is 1. The van der Waals surface area contributed by atoms with Crippen LogP contribution in [0.3, 0.4) is 0 Å². The van der Waals surface area contributed by atoms with Crippen molar-refractivity contribution in [2.45, 2.75) is 32.7 Å². The molecular formula is C10H18N2O3. The van der Waals surface area contributed by atoms with Crippen molar-refractivity contribution >= 4 is 12.0 Å². The van der Waals surface area contributed by atoms with E-state index >= 15 is 0 Å². The summed E-state index contributed by atoms with van der Waals surface area (Å²) in [5.74, 6) is -0.516. The Labute approximate surface area is 89.4 Å². The molecule has 0 aromatic rings. The summed E-state index contributed by atoms with van der Waals surface area (Å²) in [7, 11) is 0. The first-order valence-corrected chi connectivity index (χ1v) is 5.27. The molecule has 2 atom stereocenters. The molecule has 0 aromatic heterocycles. The van der Waals surface area contributed by atoms with E-state index in [1.54, 1.807) is 4.90 Å². The molecule has 2 N–H and O–H groups in total. The highest BCUT2D eigenvalue weighted by atomic mass is 16.4. The molecule has 15 heavy (non-hydrogen) atoms. The molecule has 0 radical (unpaired) electrons. The average Bonchev–Trinajstić information content (AvgIpc) is 2.18. The van der Waals surface area contributed by atoms with Gasteiger partial charge in [-0.05, 0) is 25.7 Å². The second kappa shape index (κ2) is 5.00. The van der Waals surface area contributed by atoms with Gasteiger partial charge in [-0.15, -0.1) is 0 Å². The van der Waals surface area contributed by atoms with Crippen molar-refractivity contribution in [3.05, 3.63) is 0 Å². The van der Waals surface area contributed by atoms with Crippen LogP contribution in [0.15, 0.2) is 0 Å². The minimum Gasteiger partial charge on any atom is -0.480 e. The summed E-state index contributed by atoms with van der Waals surface area (Å²) in [6.45, 7) is 4.50. The summed E-state index contributed by atoms with van der Waals surface area (Å²) in [5, 5.41) is 10.8. The number of carbonyl (C=O) groups is 2. The number of nitrogens with one attached hydrogen (secondary N) is 1. The number of rotatable bonds is 2. The third-order valence-corrected chi connectivity index (χ3v) is 2.77. The van der Waals surface area contributed by atoms with E-state index in [1.165, 1.54) is 0 Å². The smallest absolute Gasteiger partial charge is 0.323 e. The van der Waals surface area contributed by atoms with Gasteiger partial charge in [0, 0.05) is 12.6 Å². The van der Waals surface area contributed by atoms with E-state index in [9.17, 15) is 9.59 Å². The van der Waals surface area contributed by atoms with Gasteiger partial charge in [0.1, 0.15) is 6.54 Å². The molecule has 1 heterocycles. The van der Waals surface area contributed by atoms with Crippen LogP contribution in [0.25, 0.3) is 0 Å². The van der Waals surface area contributed by atoms with Gasteiger partial charge < -0.3 is 15.3 Å². The highest BCUT2D eigenvalue weighted by Crippen LogP contribution is 2.20. The molecule has 2 amide bonds. The molecule has 0 spiro atoms. The number of aliphatic carboxylic acids is 1. The Morgan fingerprint density at radius 3 is 2.67 bits per heavy atom. The minimum atomic E-state index is -1.01. The normalized spacial score (nSPS) is 26.1. The van der Waals surface area contributed by atoms with E-state index in [4.69, 9.17) is 5.11 Å². The lowest BCUT2D eigenvalue weighted by Gasteiger charge is -2.36. The molecule has 1 rings (SSSR count). The third-order valence-electron chi connectivity index (χ3n) is 2.77. The highest BCUT2D eigenvalue weighted by molar-refractivity contribution is 5.80. The zero-order valence-corrected chi connectivity index (χ0v) is 9.19. The van der Waals surface area contributed by atoms with Gasteiger partial charge in [-0.25, -0.2) is 4.79 Å². The number of nitrogens with zero attached hydrogens (tertiary/aromatic N) is 1. The maximum Gasteiger partial charge on any atom is 0.323 e. The van der Waals surface area contributed by atoms with E-state index in [0.717, 1.165) is 12.8 Å². The fraction of sp³-hybridized carbons (Fsp3) is 0.800. The summed E-state index contributed by atoms with van der Waals surface area (Å²) in [5.41, 5.74) is 0. The Hall–Kier alpha value is -1.26. The monoisotopic (exact) mass is 214 g/mol. The van der Waals surface area contributed by atoms with Gasteiger partial charge in [0.2, 0.25) is 0 Å². The second-order valence-corrected chi connectivity index (χ2v) is 4.24. The van der Waals surface area contributed by atoms with E-state index < -0.39 is 5.97 Å². The summed E-state index contributed by atoms with van der Waals surface area (Å²) in [6.07, 6.45) is 2.12. The number of hydrogen-bond acceptors (Lipinski definition) is 2. The van der Waals surface area contributed by atoms with E-state index in [-0.39, 0.29) is 18.6 Å². The number of carbonyl (C=O) groups excluding carboxylic acids is 1. The van der Waals surface area contributed by atoms with Crippen LogP contribution in [0.2, 0.25) is 0 Å². The fourth-order valence-corrected chi connectivity index (χ4v) is 1.82. The number of piperidine rings is 1. The molecular weight excluding hydrogens is 196 g/mol. The molecule has 5 nitrogen and oxygen atoms in total. The Morgan fingerprint density at radius 1 is 1.40 bits per heavy atom. The van der Waals surface area contributed by atoms with Crippen LogP contribution < -0.4 is 5.32 Å². The molecule has 0 saturated carbocycles. The molecule has 2 unspecified atom stereocenters. The molecule has 0 bridgehead atoms. The largest absolute Gasteiger partial charge is 0.480 e. The quantitative estimate of drug-likeness (QED) is 0.717. The van der Waals surface area contributed by atoms with Gasteiger partial charge in [-0.3, -0.25) is 4.79 Å². The lowest BCUT2D eigenvalue weighted by Crippen LogP contribution is -2.50. The molecule has 5 heteroatoms. The molecule has 1 aliphatic rings. The second-order valence-electron chi connectivity index (χ2n) is 4.24. The van der Waals surface area contributed by atoms with Crippen LogP contribution >= 0.6 is 0 Å². The summed E-state index contributed by atoms with van der Waals surface area (Å²) in [6, 6.07) is -0.0635. The van der Waals surface area contributed by atoms with Crippen molar-refractivity contribution < 1.29 is 14.7 Å². The van der Waals surface area contributed by atoms with E-state index in [2.05, 4.69) is 12.2 Å². The minimum absolute atomic E-state index is 0.204. The van der Waals surface area contributed by atoms with Gasteiger partial charge >= 0.3 is 12.0 Å². The van der Waals surface area contributed by atoms with Gasteiger partial charge in [-0.2, -0.15) is 0 Å². The third kappa shape index (κ3) is 3.42. The molecule has 1 aliphatic heterocycles. The number of hydrogen-bond donors (Lipinski definition) is 2. The molecule has 86 valence electrons. The Bertz CT molecular complexity index is 255. The predicted molar refractivity (Wildman–Crippen MR) is 55.6 cm³/mol. The van der Waals surface area contributed by atoms with Crippen molar-refractivity contribution in [1.82, 2.24) is 10.2 Å². The zero-order chi connectivity index (χ0) is 11.4. The van der Waals surface area contributed by atoms with Crippen molar-refractivity contribution in [3.63, 3.8) is 0 Å². The predicted octanol–water partition coefficient (Wildman–Crippen LogP) is 0.901. The van der Waals surface area contributed by atoms with Gasteiger partial charge in [-0.1, -0.05) is 6.92 Å². The first kappa shape index (κ1) is 11.8. The maximum absolute atomic E-state index is 11.6.